The van der Waals surface area contributed by atoms with Crippen molar-refractivity contribution >= 4 is 11.0 Å². The third-order valence-electron chi connectivity index (χ3n) is 5.50. The highest BCUT2D eigenvalue weighted by Crippen LogP contribution is 2.31. The van der Waals surface area contributed by atoms with Gasteiger partial charge in [0.1, 0.15) is 0 Å². The highest BCUT2D eigenvalue weighted by atomic mass is 16.5. The number of hydrogen-bond acceptors (Lipinski definition) is 3. The third kappa shape index (κ3) is 2.60. The molecule has 3 aromatic rings. The van der Waals surface area contributed by atoms with Crippen molar-refractivity contribution in [3.05, 3.63) is 58.0 Å². The lowest BCUT2D eigenvalue weighted by Gasteiger charge is -2.47. The molecule has 3 aliphatic rings. The molecule has 25 heavy (non-hydrogen) atoms. The predicted octanol–water partition coefficient (Wildman–Crippen LogP) is 2.80. The molecule has 3 fully saturated rings. The highest BCUT2D eigenvalue weighted by Gasteiger charge is 2.38. The second kappa shape index (κ2) is 5.58. The first-order chi connectivity index (χ1) is 12.2. The van der Waals surface area contributed by atoms with Crippen molar-refractivity contribution in [1.29, 1.82) is 0 Å². The Balaban J connectivity index is 1.47. The molecule has 4 heterocycles. The fourth-order valence-corrected chi connectivity index (χ4v) is 4.18. The Hall–Kier alpha value is -2.37. The largest absolute Gasteiger partial charge is 0.372 e. The second-order valence-corrected chi connectivity index (χ2v) is 7.24. The Morgan fingerprint density at radius 3 is 2.68 bits per heavy atom. The number of hydrogen-bond donors (Lipinski definition) is 2. The van der Waals surface area contributed by atoms with E-state index in [9.17, 15) is 4.79 Å². The zero-order valence-electron chi connectivity index (χ0n) is 14.2. The quantitative estimate of drug-likeness (QED) is 0.774. The maximum atomic E-state index is 11.5. The van der Waals surface area contributed by atoms with Crippen LogP contribution in [-0.2, 0) is 11.3 Å². The van der Waals surface area contributed by atoms with Crippen molar-refractivity contribution in [3.8, 4) is 11.1 Å². The summed E-state index contributed by atoms with van der Waals surface area (Å²) < 4.78 is 5.74. The summed E-state index contributed by atoms with van der Waals surface area (Å²) in [7, 11) is 0. The molecule has 5 heteroatoms. The van der Waals surface area contributed by atoms with Gasteiger partial charge in [0.2, 0.25) is 0 Å². The molecule has 2 bridgehead atoms. The number of piperidine rings is 1. The van der Waals surface area contributed by atoms with E-state index in [1.807, 2.05) is 12.1 Å². The molecular formula is C20H21N3O2. The van der Waals surface area contributed by atoms with Crippen molar-refractivity contribution < 1.29 is 4.74 Å². The van der Waals surface area contributed by atoms with Crippen LogP contribution in [-0.4, -0.2) is 40.2 Å². The molecule has 0 saturated carbocycles. The number of nitrogens with one attached hydrogen (secondary N) is 2. The molecule has 0 aliphatic carbocycles. The normalized spacial score (nSPS) is 22.9. The first-order valence-electron chi connectivity index (χ1n) is 8.84. The van der Waals surface area contributed by atoms with E-state index in [4.69, 9.17) is 4.74 Å². The Labute approximate surface area is 145 Å². The summed E-state index contributed by atoms with van der Waals surface area (Å²) in [5.41, 5.74) is 6.55. The molecule has 2 N–H and O–H groups in total. The van der Waals surface area contributed by atoms with E-state index in [0.29, 0.717) is 12.2 Å². The molecule has 0 amide bonds. The lowest BCUT2D eigenvalue weighted by atomic mass is 9.94. The van der Waals surface area contributed by atoms with Crippen LogP contribution in [0.1, 0.15) is 17.5 Å². The van der Waals surface area contributed by atoms with Gasteiger partial charge in [0.15, 0.2) is 0 Å². The van der Waals surface area contributed by atoms with E-state index < -0.39 is 0 Å². The van der Waals surface area contributed by atoms with E-state index in [1.165, 1.54) is 23.1 Å². The fourth-order valence-electron chi connectivity index (χ4n) is 4.18. The molecule has 6 rings (SSSR count). The SMILES string of the molecule is Cc1c(CN2CC3CC(C2)O3)cccc1-c1ccc2[nH]c(=O)[nH]c2c1. The minimum atomic E-state index is -0.163. The molecule has 5 nitrogen and oxygen atoms in total. The van der Waals surface area contributed by atoms with Crippen molar-refractivity contribution in [1.82, 2.24) is 14.9 Å². The van der Waals surface area contributed by atoms with Crippen LogP contribution in [0.5, 0.6) is 0 Å². The van der Waals surface area contributed by atoms with E-state index in [-0.39, 0.29) is 5.69 Å². The molecule has 3 saturated heterocycles. The smallest absolute Gasteiger partial charge is 0.323 e. The molecule has 2 aromatic carbocycles. The molecule has 1 aromatic heterocycles. The van der Waals surface area contributed by atoms with Gasteiger partial charge in [-0.05, 0) is 41.3 Å². The van der Waals surface area contributed by atoms with Crippen molar-refractivity contribution in [3.63, 3.8) is 0 Å². The topological polar surface area (TPSA) is 61.1 Å². The van der Waals surface area contributed by atoms with Gasteiger partial charge < -0.3 is 14.7 Å². The second-order valence-electron chi connectivity index (χ2n) is 7.24. The summed E-state index contributed by atoms with van der Waals surface area (Å²) in [6.45, 7) is 5.24. The van der Waals surface area contributed by atoms with E-state index in [1.54, 1.807) is 0 Å². The average molecular weight is 335 g/mol. The van der Waals surface area contributed by atoms with Crippen molar-refractivity contribution in [2.75, 3.05) is 13.1 Å². The summed E-state index contributed by atoms with van der Waals surface area (Å²) in [5, 5.41) is 0. The first-order valence-corrected chi connectivity index (χ1v) is 8.84. The predicted molar refractivity (Wildman–Crippen MR) is 97.6 cm³/mol. The number of aromatic amines is 2. The van der Waals surface area contributed by atoms with Crippen LogP contribution in [0.4, 0.5) is 0 Å². The maximum absolute atomic E-state index is 11.5. The number of rotatable bonds is 3. The van der Waals surface area contributed by atoms with Gasteiger partial charge in [-0.1, -0.05) is 24.3 Å². The van der Waals surface area contributed by atoms with Crippen LogP contribution in [0, 0.1) is 6.92 Å². The Morgan fingerprint density at radius 2 is 1.88 bits per heavy atom. The van der Waals surface area contributed by atoms with Crippen LogP contribution in [0.15, 0.2) is 41.2 Å². The lowest BCUT2D eigenvalue weighted by molar-refractivity contribution is -0.182. The minimum Gasteiger partial charge on any atom is -0.372 e. The fraction of sp³-hybridized carbons (Fsp3) is 0.350. The molecule has 2 unspecified atom stereocenters. The lowest BCUT2D eigenvalue weighted by Crippen LogP contribution is -2.56. The average Bonchev–Trinajstić information content (AvgIpc) is 2.95. The number of nitrogens with zero attached hydrogens (tertiary/aromatic N) is 1. The summed E-state index contributed by atoms with van der Waals surface area (Å²) in [6, 6.07) is 12.6. The minimum absolute atomic E-state index is 0.163. The molecule has 3 aliphatic heterocycles. The molecule has 128 valence electrons. The summed E-state index contributed by atoms with van der Waals surface area (Å²) in [6.07, 6.45) is 2.11. The zero-order chi connectivity index (χ0) is 17.0. The number of H-pyrrole nitrogens is 2. The number of ether oxygens (including phenoxy) is 1. The van der Waals surface area contributed by atoms with E-state index >= 15 is 0 Å². The summed E-state index contributed by atoms with van der Waals surface area (Å²) >= 11 is 0. The van der Waals surface area contributed by atoms with Crippen LogP contribution in [0.2, 0.25) is 0 Å². The van der Waals surface area contributed by atoms with Gasteiger partial charge >= 0.3 is 5.69 Å². The Kier molecular flexibility index (Phi) is 3.33. The van der Waals surface area contributed by atoms with E-state index in [2.05, 4.69) is 46.1 Å². The van der Waals surface area contributed by atoms with Crippen molar-refractivity contribution in [2.24, 2.45) is 0 Å². The van der Waals surface area contributed by atoms with Crippen LogP contribution < -0.4 is 5.69 Å². The Bertz CT molecular complexity index is 988. The van der Waals surface area contributed by atoms with Gasteiger partial charge in [-0.3, -0.25) is 4.90 Å². The zero-order valence-corrected chi connectivity index (χ0v) is 14.2. The van der Waals surface area contributed by atoms with Gasteiger partial charge in [0.05, 0.1) is 23.2 Å². The maximum Gasteiger partial charge on any atom is 0.323 e. The standard InChI is InChI=1S/C20H21N3O2/c1-12-14(9-23-10-15-8-16(11-23)25-15)3-2-4-17(12)13-5-6-18-19(7-13)22-20(24)21-18/h2-7,15-16H,8-11H2,1H3,(H2,21,22,24). The number of fused-ring (bicyclic) bond motifs is 3. The Morgan fingerprint density at radius 1 is 1.12 bits per heavy atom. The molecule has 2 atom stereocenters. The number of benzene rings is 2. The molecule has 0 radical (unpaired) electrons. The van der Waals surface area contributed by atoms with Gasteiger partial charge in [-0.25, -0.2) is 4.79 Å². The molecule has 0 spiro atoms. The van der Waals surface area contributed by atoms with Crippen LogP contribution in [0.25, 0.3) is 22.2 Å². The third-order valence-corrected chi connectivity index (χ3v) is 5.50. The highest BCUT2D eigenvalue weighted by molar-refractivity contribution is 5.82. The van der Waals surface area contributed by atoms with Gasteiger partial charge in [-0.2, -0.15) is 0 Å². The monoisotopic (exact) mass is 335 g/mol. The first kappa shape index (κ1) is 14.9. The van der Waals surface area contributed by atoms with Crippen LogP contribution in [0.3, 0.4) is 0 Å². The summed E-state index contributed by atoms with van der Waals surface area (Å²) in [5.74, 6) is 0. The van der Waals surface area contributed by atoms with Gasteiger partial charge in [0.25, 0.3) is 0 Å². The number of imidazole rings is 1. The van der Waals surface area contributed by atoms with E-state index in [0.717, 1.165) is 36.2 Å². The van der Waals surface area contributed by atoms with Gasteiger partial charge in [-0.15, -0.1) is 0 Å². The number of aromatic nitrogens is 2. The summed E-state index contributed by atoms with van der Waals surface area (Å²) in [4.78, 5) is 19.6. The number of morpholine rings is 1. The van der Waals surface area contributed by atoms with Gasteiger partial charge in [0, 0.05) is 26.1 Å². The van der Waals surface area contributed by atoms with Crippen LogP contribution >= 0.6 is 0 Å². The van der Waals surface area contributed by atoms with Crippen molar-refractivity contribution in [2.45, 2.75) is 32.1 Å². The molecular weight excluding hydrogens is 314 g/mol.